The molecule has 4 nitrogen and oxygen atoms in total. The lowest BCUT2D eigenvalue weighted by molar-refractivity contribution is 0.587. The smallest absolute Gasteiger partial charge is 0.128 e. The molecular formula is C20H14FIN4. The molecular weight excluding hydrogens is 442 g/mol. The molecule has 0 fully saturated rings. The third kappa shape index (κ3) is 3.24. The van der Waals surface area contributed by atoms with Gasteiger partial charge in [0.15, 0.2) is 0 Å². The summed E-state index contributed by atoms with van der Waals surface area (Å²) in [6, 6.07) is 18.2. The topological polar surface area (TPSA) is 43.6 Å². The van der Waals surface area contributed by atoms with Gasteiger partial charge in [-0.25, -0.2) is 4.39 Å². The van der Waals surface area contributed by atoms with Crippen LogP contribution in [0.2, 0.25) is 0 Å². The van der Waals surface area contributed by atoms with E-state index in [2.05, 4.69) is 32.6 Å². The number of pyridine rings is 2. The fourth-order valence-electron chi connectivity index (χ4n) is 2.76. The van der Waals surface area contributed by atoms with E-state index in [1.165, 1.54) is 6.07 Å². The second kappa shape index (κ2) is 7.33. The number of halogens is 2. The van der Waals surface area contributed by atoms with Gasteiger partial charge in [-0.1, -0.05) is 30.3 Å². The Kier molecular flexibility index (Phi) is 4.75. The molecule has 0 atom stereocenters. The van der Waals surface area contributed by atoms with E-state index in [9.17, 15) is 4.39 Å². The van der Waals surface area contributed by atoms with E-state index in [1.807, 2.05) is 42.5 Å². The minimum atomic E-state index is -0.246. The third-order valence-electron chi connectivity index (χ3n) is 3.99. The van der Waals surface area contributed by atoms with E-state index >= 15 is 0 Å². The van der Waals surface area contributed by atoms with E-state index in [0.29, 0.717) is 12.1 Å². The number of hydrogen-bond donors (Lipinski definition) is 0. The molecule has 0 radical (unpaired) electrons. The van der Waals surface area contributed by atoms with Gasteiger partial charge in [-0.2, -0.15) is 5.10 Å². The Morgan fingerprint density at radius 2 is 1.50 bits per heavy atom. The molecule has 0 saturated carbocycles. The third-order valence-corrected chi connectivity index (χ3v) is 5.01. The van der Waals surface area contributed by atoms with Gasteiger partial charge in [-0.3, -0.25) is 14.6 Å². The van der Waals surface area contributed by atoms with E-state index in [1.54, 1.807) is 29.2 Å². The maximum atomic E-state index is 14.2. The van der Waals surface area contributed by atoms with Crippen LogP contribution in [0, 0.1) is 9.39 Å². The maximum absolute atomic E-state index is 14.2. The van der Waals surface area contributed by atoms with Gasteiger partial charge in [0.2, 0.25) is 0 Å². The van der Waals surface area contributed by atoms with Crippen molar-refractivity contribution in [2.45, 2.75) is 6.54 Å². The lowest BCUT2D eigenvalue weighted by Crippen LogP contribution is -2.06. The van der Waals surface area contributed by atoms with Gasteiger partial charge in [0, 0.05) is 18.0 Å². The largest absolute Gasteiger partial charge is 0.257 e. The standard InChI is InChI=1S/C20H14FIN4/c21-15-8-2-1-7-14(15)13-26-20(17-10-4-6-12-24-17)18(22)19(25-26)16-9-3-5-11-23-16/h1-12H,13H2. The van der Waals surface area contributed by atoms with E-state index in [4.69, 9.17) is 5.10 Å². The minimum Gasteiger partial charge on any atom is -0.257 e. The van der Waals surface area contributed by atoms with Gasteiger partial charge < -0.3 is 0 Å². The maximum Gasteiger partial charge on any atom is 0.128 e. The van der Waals surface area contributed by atoms with Crippen molar-refractivity contribution in [2.24, 2.45) is 0 Å². The molecule has 4 aromatic rings. The van der Waals surface area contributed by atoms with Crippen molar-refractivity contribution in [3.63, 3.8) is 0 Å². The second-order valence-corrected chi connectivity index (χ2v) is 6.77. The van der Waals surface area contributed by atoms with Gasteiger partial charge in [0.1, 0.15) is 17.2 Å². The molecule has 0 bridgehead atoms. The fourth-order valence-corrected chi connectivity index (χ4v) is 3.70. The highest BCUT2D eigenvalue weighted by atomic mass is 127. The molecule has 0 aliphatic heterocycles. The second-order valence-electron chi connectivity index (χ2n) is 5.69. The van der Waals surface area contributed by atoms with Gasteiger partial charge in [-0.15, -0.1) is 0 Å². The monoisotopic (exact) mass is 456 g/mol. The Bertz CT molecular complexity index is 1030. The van der Waals surface area contributed by atoms with Crippen LogP contribution in [-0.4, -0.2) is 19.7 Å². The van der Waals surface area contributed by atoms with Crippen molar-refractivity contribution in [3.8, 4) is 22.8 Å². The number of aromatic nitrogens is 4. The highest BCUT2D eigenvalue weighted by Gasteiger charge is 2.20. The molecule has 3 aromatic heterocycles. The predicted molar refractivity (Wildman–Crippen MR) is 107 cm³/mol. The Balaban J connectivity index is 1.88. The molecule has 128 valence electrons. The van der Waals surface area contributed by atoms with Crippen LogP contribution in [0.25, 0.3) is 22.8 Å². The van der Waals surface area contributed by atoms with Crippen LogP contribution in [0.5, 0.6) is 0 Å². The van der Waals surface area contributed by atoms with Crippen molar-refractivity contribution in [1.82, 2.24) is 19.7 Å². The van der Waals surface area contributed by atoms with Crippen LogP contribution in [0.4, 0.5) is 4.39 Å². The van der Waals surface area contributed by atoms with E-state index in [-0.39, 0.29) is 5.82 Å². The van der Waals surface area contributed by atoms with E-state index in [0.717, 1.165) is 26.3 Å². The first-order chi connectivity index (χ1) is 12.7. The fraction of sp³-hybridized carbons (Fsp3) is 0.0500. The minimum absolute atomic E-state index is 0.246. The van der Waals surface area contributed by atoms with Crippen molar-refractivity contribution in [2.75, 3.05) is 0 Å². The van der Waals surface area contributed by atoms with Gasteiger partial charge in [0.05, 0.1) is 21.5 Å². The van der Waals surface area contributed by atoms with Crippen LogP contribution < -0.4 is 0 Å². The zero-order valence-corrected chi connectivity index (χ0v) is 15.8. The SMILES string of the molecule is Fc1ccccc1Cn1nc(-c2ccccn2)c(I)c1-c1ccccn1. The summed E-state index contributed by atoms with van der Waals surface area (Å²) in [7, 11) is 0. The predicted octanol–water partition coefficient (Wildman–Crippen LogP) is 4.80. The Morgan fingerprint density at radius 3 is 2.15 bits per heavy atom. The molecule has 1 aromatic carbocycles. The Labute approximate surface area is 163 Å². The highest BCUT2D eigenvalue weighted by molar-refractivity contribution is 14.1. The molecule has 26 heavy (non-hydrogen) atoms. The first-order valence-corrected chi connectivity index (χ1v) is 9.14. The molecule has 0 aliphatic carbocycles. The normalized spacial score (nSPS) is 10.8. The van der Waals surface area contributed by atoms with Crippen LogP contribution in [0.3, 0.4) is 0 Å². The highest BCUT2D eigenvalue weighted by Crippen LogP contribution is 2.32. The average Bonchev–Trinajstić information content (AvgIpc) is 3.01. The number of nitrogens with zero attached hydrogens (tertiary/aromatic N) is 4. The van der Waals surface area contributed by atoms with E-state index < -0.39 is 0 Å². The summed E-state index contributed by atoms with van der Waals surface area (Å²) >= 11 is 2.26. The van der Waals surface area contributed by atoms with Crippen molar-refractivity contribution >= 4 is 22.6 Å². The molecule has 3 heterocycles. The average molecular weight is 456 g/mol. The van der Waals surface area contributed by atoms with Gasteiger partial charge in [0.25, 0.3) is 0 Å². The van der Waals surface area contributed by atoms with Gasteiger partial charge >= 0.3 is 0 Å². The zero-order chi connectivity index (χ0) is 17.9. The summed E-state index contributed by atoms with van der Waals surface area (Å²) in [6.07, 6.45) is 3.48. The summed E-state index contributed by atoms with van der Waals surface area (Å²) in [5.74, 6) is -0.246. The molecule has 0 unspecified atom stereocenters. The lowest BCUT2D eigenvalue weighted by atomic mass is 10.2. The Hall–Kier alpha value is -2.61. The number of hydrogen-bond acceptors (Lipinski definition) is 3. The summed E-state index contributed by atoms with van der Waals surface area (Å²) in [6.45, 7) is 0.321. The summed E-state index contributed by atoms with van der Waals surface area (Å²) < 4.78 is 16.9. The molecule has 6 heteroatoms. The van der Waals surface area contributed by atoms with Crippen molar-refractivity contribution in [3.05, 3.63) is 88.0 Å². The summed E-state index contributed by atoms with van der Waals surface area (Å²) in [5.41, 5.74) is 3.78. The van der Waals surface area contributed by atoms with Crippen LogP contribution in [0.15, 0.2) is 73.1 Å². The van der Waals surface area contributed by atoms with Crippen LogP contribution in [-0.2, 0) is 6.54 Å². The molecule has 0 N–H and O–H groups in total. The number of rotatable bonds is 4. The van der Waals surface area contributed by atoms with Crippen LogP contribution in [0.1, 0.15) is 5.56 Å². The first-order valence-electron chi connectivity index (χ1n) is 8.06. The zero-order valence-electron chi connectivity index (χ0n) is 13.7. The summed E-state index contributed by atoms with van der Waals surface area (Å²) in [4.78, 5) is 8.87. The molecule has 4 rings (SSSR count). The summed E-state index contributed by atoms with van der Waals surface area (Å²) in [5, 5.41) is 4.73. The quantitative estimate of drug-likeness (QED) is 0.415. The molecule has 0 saturated heterocycles. The number of benzene rings is 1. The molecule has 0 amide bonds. The van der Waals surface area contributed by atoms with Crippen LogP contribution >= 0.6 is 22.6 Å². The molecule has 0 aliphatic rings. The van der Waals surface area contributed by atoms with Crippen molar-refractivity contribution < 1.29 is 4.39 Å². The van der Waals surface area contributed by atoms with Crippen molar-refractivity contribution in [1.29, 1.82) is 0 Å². The van der Waals surface area contributed by atoms with Gasteiger partial charge in [-0.05, 0) is 52.9 Å². The molecule has 0 spiro atoms. The lowest BCUT2D eigenvalue weighted by Gasteiger charge is -2.08. The Morgan fingerprint density at radius 1 is 0.846 bits per heavy atom. The first kappa shape index (κ1) is 16.8.